The molecule has 0 atom stereocenters. The minimum atomic E-state index is 0.274. The van der Waals surface area contributed by atoms with E-state index in [-0.39, 0.29) is 6.79 Å². The summed E-state index contributed by atoms with van der Waals surface area (Å²) in [6, 6.07) is 5.65. The molecular weight excluding hydrogens is 288 g/mol. The highest BCUT2D eigenvalue weighted by Gasteiger charge is 2.13. The van der Waals surface area contributed by atoms with E-state index in [4.69, 9.17) is 21.7 Å². The van der Waals surface area contributed by atoms with E-state index >= 15 is 0 Å². The number of aromatic nitrogens is 2. The molecule has 3 rings (SSSR count). The van der Waals surface area contributed by atoms with Crippen LogP contribution in [0.1, 0.15) is 6.42 Å². The summed E-state index contributed by atoms with van der Waals surface area (Å²) in [5.74, 6) is 1.50. The lowest BCUT2D eigenvalue weighted by Crippen LogP contribution is -2.29. The lowest BCUT2D eigenvalue weighted by molar-refractivity contribution is 0.174. The van der Waals surface area contributed by atoms with Crippen molar-refractivity contribution >= 4 is 23.0 Å². The predicted molar refractivity (Wildman–Crippen MR) is 83.6 cm³/mol. The molecule has 2 heterocycles. The zero-order chi connectivity index (χ0) is 14.5. The van der Waals surface area contributed by atoms with Crippen LogP contribution in [0.3, 0.4) is 0 Å². The molecule has 7 heteroatoms. The van der Waals surface area contributed by atoms with Gasteiger partial charge in [0.2, 0.25) is 6.79 Å². The summed E-state index contributed by atoms with van der Waals surface area (Å²) in [5, 5.41) is 6.90. The molecule has 0 radical (unpaired) electrons. The molecule has 2 aromatic rings. The van der Waals surface area contributed by atoms with Gasteiger partial charge in [0.05, 0.1) is 6.33 Å². The summed E-state index contributed by atoms with van der Waals surface area (Å²) in [6.45, 7) is 1.99. The highest BCUT2D eigenvalue weighted by molar-refractivity contribution is 7.80. The Morgan fingerprint density at radius 1 is 1.33 bits per heavy atom. The van der Waals surface area contributed by atoms with Gasteiger partial charge in [-0.05, 0) is 30.8 Å². The smallest absolute Gasteiger partial charge is 0.231 e. The van der Waals surface area contributed by atoms with Crippen molar-refractivity contribution in [2.24, 2.45) is 0 Å². The van der Waals surface area contributed by atoms with Gasteiger partial charge in [0.15, 0.2) is 16.6 Å². The topological polar surface area (TPSA) is 60.3 Å². The molecule has 0 spiro atoms. The number of nitrogens with zero attached hydrogens (tertiary/aromatic N) is 2. The summed E-state index contributed by atoms with van der Waals surface area (Å²) >= 11 is 5.26. The minimum Gasteiger partial charge on any atom is -0.454 e. The first kappa shape index (κ1) is 13.7. The number of ether oxygens (including phenoxy) is 2. The summed E-state index contributed by atoms with van der Waals surface area (Å²) in [5.41, 5.74) is 0.881. The Bertz CT molecular complexity index is 615. The molecule has 1 aliphatic heterocycles. The van der Waals surface area contributed by atoms with E-state index in [9.17, 15) is 0 Å². The van der Waals surface area contributed by atoms with Crippen molar-refractivity contribution in [2.45, 2.75) is 13.0 Å². The molecule has 0 fully saturated rings. The third-order valence-corrected chi connectivity index (χ3v) is 3.31. The quantitative estimate of drug-likeness (QED) is 0.651. The number of hydrogen-bond acceptors (Lipinski definition) is 4. The lowest BCUT2D eigenvalue weighted by atomic mass is 10.3. The molecule has 0 saturated carbocycles. The average Bonchev–Trinajstić information content (AvgIpc) is 3.14. The molecule has 6 nitrogen and oxygen atoms in total. The van der Waals surface area contributed by atoms with E-state index in [1.165, 1.54) is 0 Å². The van der Waals surface area contributed by atoms with Crippen LogP contribution in [0.4, 0.5) is 5.69 Å². The first-order valence-electron chi connectivity index (χ1n) is 6.71. The first-order valence-corrected chi connectivity index (χ1v) is 7.12. The normalized spacial score (nSPS) is 12.2. The lowest BCUT2D eigenvalue weighted by Gasteiger charge is -2.11. The zero-order valence-electron chi connectivity index (χ0n) is 11.4. The van der Waals surface area contributed by atoms with E-state index in [1.807, 2.05) is 35.3 Å². The van der Waals surface area contributed by atoms with Gasteiger partial charge < -0.3 is 24.7 Å². The Kier molecular flexibility index (Phi) is 4.20. The van der Waals surface area contributed by atoms with Crippen molar-refractivity contribution in [2.75, 3.05) is 18.7 Å². The zero-order valence-corrected chi connectivity index (χ0v) is 12.2. The minimum absolute atomic E-state index is 0.274. The number of hydrogen-bond donors (Lipinski definition) is 2. The van der Waals surface area contributed by atoms with Gasteiger partial charge in [-0.25, -0.2) is 4.98 Å². The number of anilines is 1. The van der Waals surface area contributed by atoms with E-state index in [0.29, 0.717) is 5.11 Å². The number of aryl methyl sites for hydroxylation is 1. The maximum absolute atomic E-state index is 5.33. The van der Waals surface area contributed by atoms with Gasteiger partial charge in [0.25, 0.3) is 0 Å². The van der Waals surface area contributed by atoms with Crippen molar-refractivity contribution in [1.29, 1.82) is 0 Å². The van der Waals surface area contributed by atoms with Crippen LogP contribution in [0.15, 0.2) is 36.9 Å². The molecule has 2 N–H and O–H groups in total. The van der Waals surface area contributed by atoms with Crippen LogP contribution in [0.25, 0.3) is 0 Å². The van der Waals surface area contributed by atoms with Crippen molar-refractivity contribution in [3.8, 4) is 11.5 Å². The molecule has 0 saturated heterocycles. The van der Waals surface area contributed by atoms with E-state index in [2.05, 4.69) is 15.6 Å². The average molecular weight is 304 g/mol. The molecule has 0 unspecified atom stereocenters. The fraction of sp³-hybridized carbons (Fsp3) is 0.286. The van der Waals surface area contributed by atoms with Crippen LogP contribution in [0.2, 0.25) is 0 Å². The maximum atomic E-state index is 5.33. The monoisotopic (exact) mass is 304 g/mol. The van der Waals surface area contributed by atoms with Gasteiger partial charge in [0, 0.05) is 37.2 Å². The van der Waals surface area contributed by atoms with E-state index in [0.717, 1.165) is 36.7 Å². The van der Waals surface area contributed by atoms with Gasteiger partial charge >= 0.3 is 0 Å². The van der Waals surface area contributed by atoms with Crippen LogP contribution in [-0.4, -0.2) is 28.0 Å². The van der Waals surface area contributed by atoms with E-state index < -0.39 is 0 Å². The molecule has 0 bridgehead atoms. The van der Waals surface area contributed by atoms with Gasteiger partial charge in [-0.3, -0.25) is 0 Å². The Labute approximate surface area is 128 Å². The van der Waals surface area contributed by atoms with Crippen molar-refractivity contribution in [3.63, 3.8) is 0 Å². The molecule has 1 aromatic heterocycles. The van der Waals surface area contributed by atoms with Crippen LogP contribution in [-0.2, 0) is 6.54 Å². The summed E-state index contributed by atoms with van der Waals surface area (Å²) in [7, 11) is 0. The standard InChI is InChI=1S/C14H16N4O2S/c21-14(16-4-1-6-18-7-5-15-9-18)17-11-2-3-12-13(8-11)20-10-19-12/h2-3,5,7-9H,1,4,6,10H2,(H2,16,17,21). The van der Waals surface area contributed by atoms with Gasteiger partial charge in [0.1, 0.15) is 0 Å². The summed E-state index contributed by atoms with van der Waals surface area (Å²) in [6.07, 6.45) is 6.50. The van der Waals surface area contributed by atoms with Gasteiger partial charge in [-0.2, -0.15) is 0 Å². The van der Waals surface area contributed by atoms with Crippen LogP contribution in [0.5, 0.6) is 11.5 Å². The first-order chi connectivity index (χ1) is 10.3. The summed E-state index contributed by atoms with van der Waals surface area (Å²) in [4.78, 5) is 4.00. The second kappa shape index (κ2) is 6.45. The largest absolute Gasteiger partial charge is 0.454 e. The SMILES string of the molecule is S=C(NCCCn1ccnc1)Nc1ccc2c(c1)OCO2. The number of thiocarbonyl (C=S) groups is 1. The molecule has 1 aromatic carbocycles. The fourth-order valence-corrected chi connectivity index (χ4v) is 2.25. The molecule has 110 valence electrons. The number of fused-ring (bicyclic) bond motifs is 1. The maximum Gasteiger partial charge on any atom is 0.231 e. The Morgan fingerprint density at radius 3 is 3.10 bits per heavy atom. The fourth-order valence-electron chi connectivity index (χ4n) is 2.03. The Hall–Kier alpha value is -2.28. The van der Waals surface area contributed by atoms with Crippen molar-refractivity contribution in [1.82, 2.24) is 14.9 Å². The number of nitrogens with one attached hydrogen (secondary N) is 2. The van der Waals surface area contributed by atoms with Crippen LogP contribution in [0, 0.1) is 0 Å². The highest BCUT2D eigenvalue weighted by atomic mass is 32.1. The van der Waals surface area contributed by atoms with Crippen molar-refractivity contribution in [3.05, 3.63) is 36.9 Å². The molecule has 1 aliphatic rings. The molecule has 0 aliphatic carbocycles. The number of rotatable bonds is 5. The van der Waals surface area contributed by atoms with Crippen molar-refractivity contribution < 1.29 is 9.47 Å². The Morgan fingerprint density at radius 2 is 2.24 bits per heavy atom. The van der Waals surface area contributed by atoms with Gasteiger partial charge in [-0.15, -0.1) is 0 Å². The second-order valence-electron chi connectivity index (χ2n) is 4.60. The second-order valence-corrected chi connectivity index (χ2v) is 5.01. The molecular formula is C14H16N4O2S. The van der Waals surface area contributed by atoms with Crippen LogP contribution < -0.4 is 20.1 Å². The number of benzene rings is 1. The van der Waals surface area contributed by atoms with E-state index in [1.54, 1.807) is 6.20 Å². The Balaban J connectivity index is 1.41. The third-order valence-electron chi connectivity index (χ3n) is 3.07. The number of imidazole rings is 1. The van der Waals surface area contributed by atoms with Crippen LogP contribution >= 0.6 is 12.2 Å². The predicted octanol–water partition coefficient (Wildman–Crippen LogP) is 1.99. The summed E-state index contributed by atoms with van der Waals surface area (Å²) < 4.78 is 12.6. The molecule has 21 heavy (non-hydrogen) atoms. The molecule has 0 amide bonds. The highest BCUT2D eigenvalue weighted by Crippen LogP contribution is 2.34. The van der Waals surface area contributed by atoms with Gasteiger partial charge in [-0.1, -0.05) is 0 Å². The third kappa shape index (κ3) is 3.63.